The standard InChI is InChI=1S/2C12H8F2N.C4H6N2.CN.CH4.Ir/c2*1-8-4-5-15-12(6-8)10-3-2-9(13)7-11(10)14;1-6-3-2-5-4-6;1-2;;/h2*2,4-7H,1H3;2-4H,1H3;;1H4;/q2*-1;;-1;;+3. The number of aromatic nitrogens is 4. The molecule has 0 atom stereocenters. The number of imidazole rings is 1. The van der Waals surface area contributed by atoms with E-state index in [1.54, 1.807) is 37.1 Å². The number of rotatable bonds is 2. The topological polar surface area (TPSA) is 67.4 Å². The van der Waals surface area contributed by atoms with Gasteiger partial charge in [-0.05, 0) is 37.4 Å². The van der Waals surface area contributed by atoms with Crippen LogP contribution in [0.3, 0.4) is 0 Å². The van der Waals surface area contributed by atoms with E-state index in [4.69, 9.17) is 11.8 Å². The van der Waals surface area contributed by atoms with Crippen LogP contribution in [-0.2, 0) is 27.2 Å². The van der Waals surface area contributed by atoms with E-state index in [9.17, 15) is 17.6 Å². The van der Waals surface area contributed by atoms with Crippen molar-refractivity contribution in [3.63, 3.8) is 0 Å². The van der Waals surface area contributed by atoms with Crippen molar-refractivity contribution in [2.24, 2.45) is 7.05 Å². The maximum absolute atomic E-state index is 13.4. The third-order valence-electron chi connectivity index (χ3n) is 4.70. The van der Waals surface area contributed by atoms with Gasteiger partial charge < -0.3 is 26.4 Å². The Balaban J connectivity index is 0.000000578. The van der Waals surface area contributed by atoms with Gasteiger partial charge in [-0.1, -0.05) is 53.9 Å². The summed E-state index contributed by atoms with van der Waals surface area (Å²) in [6.45, 7) is 8.51. The van der Waals surface area contributed by atoms with Gasteiger partial charge in [0.15, 0.2) is 0 Å². The molecule has 208 valence electrons. The predicted octanol–water partition coefficient (Wildman–Crippen LogP) is 7.42. The van der Waals surface area contributed by atoms with Crippen molar-refractivity contribution in [1.29, 1.82) is 5.26 Å². The number of hydrogen-bond acceptors (Lipinski definition) is 4. The van der Waals surface area contributed by atoms with E-state index in [0.717, 1.165) is 35.4 Å². The van der Waals surface area contributed by atoms with Crippen LogP contribution in [0.15, 0.2) is 79.6 Å². The summed E-state index contributed by atoms with van der Waals surface area (Å²) in [4.78, 5) is 11.8. The molecule has 0 aliphatic carbocycles. The molecule has 0 saturated heterocycles. The summed E-state index contributed by atoms with van der Waals surface area (Å²) in [5.41, 5.74) is 3.26. The molecule has 10 heteroatoms. The van der Waals surface area contributed by atoms with Crippen molar-refractivity contribution in [1.82, 2.24) is 19.5 Å². The van der Waals surface area contributed by atoms with Gasteiger partial charge in [-0.25, -0.2) is 4.98 Å². The first kappa shape index (κ1) is 35.8. The molecular weight excluding hydrogens is 699 g/mol. The first-order chi connectivity index (χ1) is 18.2. The summed E-state index contributed by atoms with van der Waals surface area (Å²) >= 11 is 0. The third kappa shape index (κ3) is 11.3. The Labute approximate surface area is 245 Å². The molecule has 0 spiro atoms. The van der Waals surface area contributed by atoms with Crippen LogP contribution in [0, 0.1) is 61.1 Å². The summed E-state index contributed by atoms with van der Waals surface area (Å²) in [5, 5.41) is 6.25. The molecular formula is C30H26F4IrN5. The molecule has 0 N–H and O–H groups in total. The molecule has 0 aliphatic heterocycles. The van der Waals surface area contributed by atoms with E-state index in [1.165, 1.54) is 0 Å². The average molecular weight is 725 g/mol. The van der Waals surface area contributed by atoms with Crippen molar-refractivity contribution in [3.05, 3.63) is 133 Å². The summed E-state index contributed by atoms with van der Waals surface area (Å²) in [6.07, 6.45) is 8.56. The Bertz CT molecular complexity index is 1380. The zero-order chi connectivity index (χ0) is 28.1. The van der Waals surface area contributed by atoms with Crippen LogP contribution in [0.4, 0.5) is 17.6 Å². The number of aryl methyl sites for hydroxylation is 3. The Kier molecular flexibility index (Phi) is 16.3. The first-order valence-corrected chi connectivity index (χ1v) is 11.0. The van der Waals surface area contributed by atoms with Crippen molar-refractivity contribution >= 4 is 0 Å². The average Bonchev–Trinajstić information content (AvgIpc) is 3.37. The number of halogens is 4. The van der Waals surface area contributed by atoms with Crippen molar-refractivity contribution in [3.8, 4) is 22.5 Å². The summed E-state index contributed by atoms with van der Waals surface area (Å²) in [7, 11) is 1.94. The Morgan fingerprint density at radius 1 is 0.750 bits per heavy atom. The van der Waals surface area contributed by atoms with Crippen LogP contribution >= 0.6 is 0 Å². The van der Waals surface area contributed by atoms with Crippen molar-refractivity contribution < 1.29 is 37.7 Å². The number of hydrogen-bond donors (Lipinski definition) is 0. The second-order valence-electron chi connectivity index (χ2n) is 7.75. The van der Waals surface area contributed by atoms with Crippen LogP contribution in [0.25, 0.3) is 22.5 Å². The van der Waals surface area contributed by atoms with E-state index in [1.807, 2.05) is 43.8 Å². The van der Waals surface area contributed by atoms with Gasteiger partial charge in [-0.2, -0.15) is 0 Å². The van der Waals surface area contributed by atoms with Crippen LogP contribution in [-0.4, -0.2) is 19.5 Å². The van der Waals surface area contributed by atoms with E-state index in [0.29, 0.717) is 11.4 Å². The second kappa shape index (κ2) is 18.2. The Morgan fingerprint density at radius 3 is 1.45 bits per heavy atom. The second-order valence-corrected chi connectivity index (χ2v) is 7.75. The molecule has 0 amide bonds. The normalized spacial score (nSPS) is 9.12. The van der Waals surface area contributed by atoms with Crippen molar-refractivity contribution in [2.45, 2.75) is 21.3 Å². The van der Waals surface area contributed by atoms with Gasteiger partial charge >= 0.3 is 20.1 Å². The van der Waals surface area contributed by atoms with Gasteiger partial charge in [0.1, 0.15) is 0 Å². The molecule has 3 heterocycles. The summed E-state index contributed by atoms with van der Waals surface area (Å²) < 4.78 is 53.9. The maximum Gasteiger partial charge on any atom is 3.00 e. The van der Waals surface area contributed by atoms with E-state index < -0.39 is 23.3 Å². The smallest absolute Gasteiger partial charge is 0.512 e. The zero-order valence-corrected chi connectivity index (χ0v) is 23.5. The van der Waals surface area contributed by atoms with Crippen LogP contribution in [0.1, 0.15) is 18.6 Å². The van der Waals surface area contributed by atoms with Gasteiger partial charge in [0.2, 0.25) is 0 Å². The third-order valence-corrected chi connectivity index (χ3v) is 4.70. The minimum atomic E-state index is -0.645. The van der Waals surface area contributed by atoms with Gasteiger partial charge in [0.25, 0.3) is 0 Å². The summed E-state index contributed by atoms with van der Waals surface area (Å²) in [6, 6.07) is 16.0. The monoisotopic (exact) mass is 725 g/mol. The molecule has 0 bridgehead atoms. The van der Waals surface area contributed by atoms with Crippen LogP contribution in [0.5, 0.6) is 0 Å². The molecule has 5 rings (SSSR count). The van der Waals surface area contributed by atoms with Crippen LogP contribution in [0.2, 0.25) is 0 Å². The molecule has 0 fully saturated rings. The molecule has 5 nitrogen and oxygen atoms in total. The van der Waals surface area contributed by atoms with Crippen molar-refractivity contribution in [2.75, 3.05) is 0 Å². The van der Waals surface area contributed by atoms with Gasteiger partial charge in [0, 0.05) is 55.1 Å². The molecule has 5 aromatic rings. The zero-order valence-electron chi connectivity index (χ0n) is 21.1. The number of nitrogens with zero attached hydrogens (tertiary/aromatic N) is 5. The minimum Gasteiger partial charge on any atom is -0.512 e. The fourth-order valence-electron chi connectivity index (χ4n) is 2.95. The maximum atomic E-state index is 13.4. The van der Waals surface area contributed by atoms with E-state index in [-0.39, 0.29) is 38.7 Å². The first-order valence-electron chi connectivity index (χ1n) is 11.0. The quantitative estimate of drug-likeness (QED) is 0.141. The van der Waals surface area contributed by atoms with Gasteiger partial charge in [0.05, 0.1) is 6.33 Å². The predicted molar refractivity (Wildman–Crippen MR) is 141 cm³/mol. The number of benzene rings is 2. The molecule has 0 saturated carbocycles. The van der Waals surface area contributed by atoms with Gasteiger partial charge in [-0.15, -0.1) is 24.3 Å². The van der Waals surface area contributed by atoms with Crippen LogP contribution < -0.4 is 0 Å². The fraction of sp³-hybridized carbons (Fsp3) is 0.133. The van der Waals surface area contributed by atoms with E-state index in [2.05, 4.69) is 27.1 Å². The molecule has 3 aromatic heterocycles. The Morgan fingerprint density at radius 2 is 1.18 bits per heavy atom. The van der Waals surface area contributed by atoms with E-state index >= 15 is 0 Å². The largest absolute Gasteiger partial charge is 3.00 e. The SMILES string of the molecule is C.Cc1ccnc(-c2[c-]cc(F)cc2F)c1.Cc1ccnc(-c2[c-]cc(F)cc2F)c1.Cn1ccnc1.[C-]#N.[Ir+3]. The molecule has 0 unspecified atom stereocenters. The van der Waals surface area contributed by atoms with Gasteiger partial charge in [-0.3, -0.25) is 17.6 Å². The molecule has 2 aromatic carbocycles. The molecule has 0 aliphatic rings. The molecule has 0 radical (unpaired) electrons. The minimum absolute atomic E-state index is 0. The summed E-state index contributed by atoms with van der Waals surface area (Å²) in [5.74, 6) is -2.56. The Hall–Kier alpha value is -4.19. The fourth-order valence-corrected chi connectivity index (χ4v) is 2.95. The number of pyridine rings is 2. The molecule has 40 heavy (non-hydrogen) atoms.